The van der Waals surface area contributed by atoms with E-state index in [9.17, 15) is 9.18 Å². The van der Waals surface area contributed by atoms with Gasteiger partial charge in [0.1, 0.15) is 5.82 Å². The molecule has 0 saturated carbocycles. The zero-order chi connectivity index (χ0) is 16.0. The second-order valence-corrected chi connectivity index (χ2v) is 5.36. The maximum absolute atomic E-state index is 12.9. The van der Waals surface area contributed by atoms with Crippen LogP contribution in [0.1, 0.15) is 5.56 Å². The number of rotatable bonds is 5. The largest absolute Gasteiger partial charge is 0.369 e. The average Bonchev–Trinajstić information content (AvgIpc) is 2.38. The smallest absolute Gasteiger partial charge is 0.222 e. The molecular weight excluding hydrogens is 271 g/mol. The van der Waals surface area contributed by atoms with E-state index in [-0.39, 0.29) is 5.82 Å². The van der Waals surface area contributed by atoms with Crippen molar-refractivity contribution in [2.75, 3.05) is 34.7 Å². The fourth-order valence-electron chi connectivity index (χ4n) is 2.03. The van der Waals surface area contributed by atoms with Crippen molar-refractivity contribution >= 4 is 11.9 Å². The number of amides is 1. The Hall–Kier alpha value is -2.11. The van der Waals surface area contributed by atoms with Gasteiger partial charge in [-0.05, 0) is 24.1 Å². The number of carbonyl (C=O) groups is 1. The zero-order valence-corrected chi connectivity index (χ0v) is 13.0. The molecule has 0 aliphatic rings. The van der Waals surface area contributed by atoms with Crippen LogP contribution >= 0.6 is 0 Å². The van der Waals surface area contributed by atoms with E-state index in [1.165, 1.54) is 12.1 Å². The van der Waals surface area contributed by atoms with Crippen LogP contribution in [0.25, 0.3) is 0 Å². The first-order valence-electron chi connectivity index (χ1n) is 6.74. The van der Waals surface area contributed by atoms with Crippen LogP contribution in [0.2, 0.25) is 0 Å². The highest BCUT2D eigenvalue weighted by molar-refractivity contribution is 5.80. The van der Waals surface area contributed by atoms with Crippen molar-refractivity contribution in [3.8, 4) is 0 Å². The quantitative estimate of drug-likeness (QED) is 0.649. The summed E-state index contributed by atoms with van der Waals surface area (Å²) in [6.45, 7) is 0.304. The molecule has 116 valence electrons. The lowest BCUT2D eigenvalue weighted by atomic mass is 9.99. The molecule has 0 saturated heterocycles. The minimum atomic E-state index is -0.412. The standard InChI is InChI=1S/C15H23FN4O/c1-19(2)15(20(3)4)18-10-12(14(17)21)9-11-5-7-13(16)8-6-11/h5-8,12H,9-10H2,1-4H3,(H2,17,21). The van der Waals surface area contributed by atoms with E-state index in [0.29, 0.717) is 13.0 Å². The number of primary amides is 1. The molecule has 1 aromatic carbocycles. The Morgan fingerprint density at radius 2 is 1.71 bits per heavy atom. The molecule has 0 heterocycles. The molecule has 0 aromatic heterocycles. The van der Waals surface area contributed by atoms with Crippen LogP contribution in [-0.4, -0.2) is 56.4 Å². The first-order valence-corrected chi connectivity index (χ1v) is 6.74. The zero-order valence-electron chi connectivity index (χ0n) is 13.0. The number of nitrogens with zero attached hydrogens (tertiary/aromatic N) is 3. The number of halogens is 1. The van der Waals surface area contributed by atoms with Crippen LogP contribution in [0.5, 0.6) is 0 Å². The van der Waals surface area contributed by atoms with E-state index in [1.54, 1.807) is 12.1 Å². The second-order valence-electron chi connectivity index (χ2n) is 5.36. The number of aliphatic imine (C=N–C) groups is 1. The van der Waals surface area contributed by atoms with Gasteiger partial charge in [-0.25, -0.2) is 4.39 Å². The molecule has 1 amide bonds. The number of carbonyl (C=O) groups excluding carboxylic acids is 1. The van der Waals surface area contributed by atoms with Crippen molar-refractivity contribution in [1.29, 1.82) is 0 Å². The van der Waals surface area contributed by atoms with Crippen LogP contribution in [0, 0.1) is 11.7 Å². The van der Waals surface area contributed by atoms with Crippen molar-refractivity contribution in [2.24, 2.45) is 16.6 Å². The monoisotopic (exact) mass is 294 g/mol. The van der Waals surface area contributed by atoms with E-state index in [2.05, 4.69) is 4.99 Å². The average molecular weight is 294 g/mol. The third-order valence-electron chi connectivity index (χ3n) is 3.05. The van der Waals surface area contributed by atoms with Gasteiger partial charge in [-0.2, -0.15) is 0 Å². The summed E-state index contributed by atoms with van der Waals surface area (Å²) in [5, 5.41) is 0. The first kappa shape index (κ1) is 16.9. The Kier molecular flexibility index (Phi) is 6.14. The van der Waals surface area contributed by atoms with Gasteiger partial charge in [0, 0.05) is 28.2 Å². The van der Waals surface area contributed by atoms with Crippen LogP contribution in [-0.2, 0) is 11.2 Å². The molecule has 5 nitrogen and oxygen atoms in total. The van der Waals surface area contributed by atoms with Gasteiger partial charge in [0.15, 0.2) is 5.96 Å². The van der Waals surface area contributed by atoms with Gasteiger partial charge in [-0.3, -0.25) is 9.79 Å². The molecule has 1 unspecified atom stereocenters. The maximum Gasteiger partial charge on any atom is 0.222 e. The number of hydrogen-bond acceptors (Lipinski definition) is 2. The fraction of sp³-hybridized carbons (Fsp3) is 0.467. The van der Waals surface area contributed by atoms with Crippen LogP contribution < -0.4 is 5.73 Å². The van der Waals surface area contributed by atoms with E-state index < -0.39 is 11.8 Å². The van der Waals surface area contributed by atoms with Crippen molar-refractivity contribution in [1.82, 2.24) is 9.80 Å². The minimum absolute atomic E-state index is 0.296. The molecule has 2 N–H and O–H groups in total. The molecule has 0 bridgehead atoms. The molecule has 0 aliphatic heterocycles. The Bertz CT molecular complexity index is 487. The van der Waals surface area contributed by atoms with Crippen molar-refractivity contribution < 1.29 is 9.18 Å². The summed E-state index contributed by atoms with van der Waals surface area (Å²) >= 11 is 0. The van der Waals surface area contributed by atoms with Crippen molar-refractivity contribution in [2.45, 2.75) is 6.42 Å². The maximum atomic E-state index is 12.9. The molecule has 0 aliphatic carbocycles. The van der Waals surface area contributed by atoms with Gasteiger partial charge < -0.3 is 15.5 Å². The molecule has 6 heteroatoms. The SMILES string of the molecule is CN(C)C(=NCC(Cc1ccc(F)cc1)C(N)=O)N(C)C. The van der Waals surface area contributed by atoms with Gasteiger partial charge in [-0.15, -0.1) is 0 Å². The normalized spacial score (nSPS) is 11.7. The van der Waals surface area contributed by atoms with E-state index in [1.807, 2.05) is 38.0 Å². The highest BCUT2D eigenvalue weighted by Gasteiger charge is 2.17. The predicted octanol–water partition coefficient (Wildman–Crippen LogP) is 0.949. The van der Waals surface area contributed by atoms with Crippen LogP contribution in [0.3, 0.4) is 0 Å². The van der Waals surface area contributed by atoms with Crippen molar-refractivity contribution in [3.63, 3.8) is 0 Å². The van der Waals surface area contributed by atoms with Crippen LogP contribution in [0.15, 0.2) is 29.3 Å². The predicted molar refractivity (Wildman–Crippen MR) is 82.5 cm³/mol. The molecule has 1 atom stereocenters. The van der Waals surface area contributed by atoms with E-state index in [0.717, 1.165) is 11.5 Å². The minimum Gasteiger partial charge on any atom is -0.369 e. The van der Waals surface area contributed by atoms with Gasteiger partial charge in [-0.1, -0.05) is 12.1 Å². The van der Waals surface area contributed by atoms with Gasteiger partial charge in [0.05, 0.1) is 12.5 Å². The molecule has 1 aromatic rings. The number of hydrogen-bond donors (Lipinski definition) is 1. The highest BCUT2D eigenvalue weighted by atomic mass is 19.1. The lowest BCUT2D eigenvalue weighted by molar-refractivity contribution is -0.121. The lowest BCUT2D eigenvalue weighted by Gasteiger charge is -2.23. The molecule has 0 radical (unpaired) electrons. The number of guanidine groups is 1. The summed E-state index contributed by atoms with van der Waals surface area (Å²) in [5.41, 5.74) is 6.31. The summed E-state index contributed by atoms with van der Waals surface area (Å²) in [5.74, 6) is -0.347. The van der Waals surface area contributed by atoms with Gasteiger partial charge in [0.25, 0.3) is 0 Å². The Balaban J connectivity index is 2.81. The van der Waals surface area contributed by atoms with Crippen LogP contribution in [0.4, 0.5) is 4.39 Å². The number of nitrogens with two attached hydrogens (primary N) is 1. The molecule has 0 spiro atoms. The Morgan fingerprint density at radius 3 is 2.14 bits per heavy atom. The Labute approximate surface area is 125 Å². The summed E-state index contributed by atoms with van der Waals surface area (Å²) < 4.78 is 12.9. The Morgan fingerprint density at radius 1 is 1.19 bits per heavy atom. The second kappa shape index (κ2) is 7.61. The summed E-state index contributed by atoms with van der Waals surface area (Å²) in [7, 11) is 7.55. The molecule has 1 rings (SSSR count). The molecular formula is C15H23FN4O. The summed E-state index contributed by atoms with van der Waals surface area (Å²) in [6.07, 6.45) is 0.452. The first-order chi connectivity index (χ1) is 9.81. The van der Waals surface area contributed by atoms with Gasteiger partial charge in [0.2, 0.25) is 5.91 Å². The lowest BCUT2D eigenvalue weighted by Crippen LogP contribution is -2.37. The topological polar surface area (TPSA) is 61.9 Å². The van der Waals surface area contributed by atoms with Gasteiger partial charge >= 0.3 is 0 Å². The number of benzene rings is 1. The molecule has 0 fully saturated rings. The van der Waals surface area contributed by atoms with E-state index >= 15 is 0 Å². The summed E-state index contributed by atoms with van der Waals surface area (Å²) in [6, 6.07) is 6.07. The van der Waals surface area contributed by atoms with E-state index in [4.69, 9.17) is 5.73 Å². The third-order valence-corrected chi connectivity index (χ3v) is 3.05. The third kappa shape index (κ3) is 5.41. The van der Waals surface area contributed by atoms with Crippen molar-refractivity contribution in [3.05, 3.63) is 35.6 Å². The summed E-state index contributed by atoms with van der Waals surface area (Å²) in [4.78, 5) is 19.8. The molecule has 21 heavy (non-hydrogen) atoms. The fourth-order valence-corrected chi connectivity index (χ4v) is 2.03. The highest BCUT2D eigenvalue weighted by Crippen LogP contribution is 2.11.